The minimum absolute atomic E-state index is 0.126. The quantitative estimate of drug-likeness (QED) is 0.707. The number of unbranched alkanes of at least 4 members (excludes halogenated alkanes) is 1. The van der Waals surface area contributed by atoms with Crippen molar-refractivity contribution in [1.82, 2.24) is 4.90 Å². The van der Waals surface area contributed by atoms with Crippen LogP contribution in [-0.2, 0) is 4.79 Å². The molecule has 0 aromatic carbocycles. The van der Waals surface area contributed by atoms with E-state index < -0.39 is 0 Å². The molecule has 0 aromatic rings. The Morgan fingerprint density at radius 3 is 2.80 bits per heavy atom. The van der Waals surface area contributed by atoms with Gasteiger partial charge in [-0.05, 0) is 38.5 Å². The Morgan fingerprint density at radius 2 is 2.27 bits per heavy atom. The van der Waals surface area contributed by atoms with E-state index in [0.717, 1.165) is 32.2 Å². The standard InChI is InChI=1S/C12H21NO2/c1-11(15)13(9-5-6-10-14)12-7-3-2-4-8-12/h7,14H,2-6,8-10H2,1H3. The smallest absolute Gasteiger partial charge is 0.223 e. The summed E-state index contributed by atoms with van der Waals surface area (Å²) in [5, 5.41) is 8.71. The Kier molecular flexibility index (Phi) is 5.40. The molecule has 0 aromatic heterocycles. The maximum atomic E-state index is 11.5. The van der Waals surface area contributed by atoms with Crippen LogP contribution >= 0.6 is 0 Å². The summed E-state index contributed by atoms with van der Waals surface area (Å²) >= 11 is 0. The molecule has 0 radical (unpaired) electrons. The largest absolute Gasteiger partial charge is 0.396 e. The Bertz CT molecular complexity index is 236. The van der Waals surface area contributed by atoms with Gasteiger partial charge >= 0.3 is 0 Å². The predicted molar refractivity (Wildman–Crippen MR) is 60.3 cm³/mol. The fourth-order valence-corrected chi connectivity index (χ4v) is 1.95. The average molecular weight is 211 g/mol. The second-order valence-electron chi connectivity index (χ2n) is 4.04. The Balaban J connectivity index is 2.49. The topological polar surface area (TPSA) is 40.5 Å². The molecule has 1 N–H and O–H groups in total. The zero-order valence-corrected chi connectivity index (χ0v) is 9.54. The summed E-state index contributed by atoms with van der Waals surface area (Å²) in [4.78, 5) is 13.3. The summed E-state index contributed by atoms with van der Waals surface area (Å²) in [5.41, 5.74) is 1.19. The van der Waals surface area contributed by atoms with Gasteiger partial charge in [-0.15, -0.1) is 0 Å². The fourth-order valence-electron chi connectivity index (χ4n) is 1.95. The molecule has 1 rings (SSSR count). The zero-order valence-electron chi connectivity index (χ0n) is 9.54. The van der Waals surface area contributed by atoms with Crippen LogP contribution in [0.5, 0.6) is 0 Å². The number of nitrogens with zero attached hydrogens (tertiary/aromatic N) is 1. The molecule has 15 heavy (non-hydrogen) atoms. The number of hydrogen-bond donors (Lipinski definition) is 1. The van der Waals surface area contributed by atoms with Gasteiger partial charge in [-0.1, -0.05) is 6.08 Å². The van der Waals surface area contributed by atoms with E-state index in [1.807, 2.05) is 4.90 Å². The molecule has 0 heterocycles. The van der Waals surface area contributed by atoms with Crippen molar-refractivity contribution in [2.75, 3.05) is 13.2 Å². The molecule has 0 saturated carbocycles. The summed E-state index contributed by atoms with van der Waals surface area (Å²) in [5.74, 6) is 0.126. The molecule has 3 nitrogen and oxygen atoms in total. The highest BCUT2D eigenvalue weighted by Gasteiger charge is 2.15. The van der Waals surface area contributed by atoms with Gasteiger partial charge < -0.3 is 10.0 Å². The SMILES string of the molecule is CC(=O)N(CCCCO)C1=CCCCC1. The molecule has 0 bridgehead atoms. The van der Waals surface area contributed by atoms with Crippen molar-refractivity contribution in [3.63, 3.8) is 0 Å². The lowest BCUT2D eigenvalue weighted by molar-refractivity contribution is -0.127. The molecule has 1 amide bonds. The van der Waals surface area contributed by atoms with Gasteiger partial charge in [0.2, 0.25) is 5.91 Å². The van der Waals surface area contributed by atoms with Crippen LogP contribution in [0.25, 0.3) is 0 Å². The summed E-state index contributed by atoms with van der Waals surface area (Å²) in [7, 11) is 0. The second kappa shape index (κ2) is 6.62. The van der Waals surface area contributed by atoms with Crippen molar-refractivity contribution >= 4 is 5.91 Å². The van der Waals surface area contributed by atoms with Gasteiger partial charge in [0.25, 0.3) is 0 Å². The molecule has 86 valence electrons. The van der Waals surface area contributed by atoms with E-state index >= 15 is 0 Å². The first-order valence-corrected chi connectivity index (χ1v) is 5.83. The third kappa shape index (κ3) is 4.04. The molecular weight excluding hydrogens is 190 g/mol. The van der Waals surface area contributed by atoms with Crippen LogP contribution < -0.4 is 0 Å². The van der Waals surface area contributed by atoms with E-state index in [1.54, 1.807) is 6.92 Å². The van der Waals surface area contributed by atoms with Crippen molar-refractivity contribution < 1.29 is 9.90 Å². The van der Waals surface area contributed by atoms with E-state index in [1.165, 1.54) is 18.5 Å². The van der Waals surface area contributed by atoms with E-state index in [0.29, 0.717) is 0 Å². The lowest BCUT2D eigenvalue weighted by atomic mass is 10.0. The first-order chi connectivity index (χ1) is 7.25. The molecule has 3 heteroatoms. The molecule has 0 aliphatic heterocycles. The molecule has 0 spiro atoms. The molecule has 0 unspecified atom stereocenters. The molecule has 1 aliphatic carbocycles. The third-order valence-corrected chi connectivity index (χ3v) is 2.78. The van der Waals surface area contributed by atoms with Crippen LogP contribution in [0.3, 0.4) is 0 Å². The number of allylic oxidation sites excluding steroid dienone is 2. The van der Waals surface area contributed by atoms with Gasteiger partial charge in [-0.25, -0.2) is 0 Å². The van der Waals surface area contributed by atoms with Crippen LogP contribution in [-0.4, -0.2) is 29.1 Å². The van der Waals surface area contributed by atoms with E-state index in [9.17, 15) is 4.79 Å². The van der Waals surface area contributed by atoms with Crippen LogP contribution in [0.2, 0.25) is 0 Å². The Labute approximate surface area is 91.8 Å². The lowest BCUT2D eigenvalue weighted by Crippen LogP contribution is -2.30. The van der Waals surface area contributed by atoms with Gasteiger partial charge in [-0.3, -0.25) is 4.79 Å². The number of hydrogen-bond acceptors (Lipinski definition) is 2. The van der Waals surface area contributed by atoms with Crippen molar-refractivity contribution in [2.45, 2.75) is 45.4 Å². The number of carbonyl (C=O) groups is 1. The highest BCUT2D eigenvalue weighted by Crippen LogP contribution is 2.21. The summed E-state index contributed by atoms with van der Waals surface area (Å²) in [6.45, 7) is 2.58. The Morgan fingerprint density at radius 1 is 1.47 bits per heavy atom. The van der Waals surface area contributed by atoms with Gasteiger partial charge in [0.15, 0.2) is 0 Å². The van der Waals surface area contributed by atoms with Gasteiger partial charge in [0, 0.05) is 25.8 Å². The molecular formula is C12H21NO2. The number of aliphatic hydroxyl groups is 1. The van der Waals surface area contributed by atoms with Crippen molar-refractivity contribution in [3.05, 3.63) is 11.8 Å². The van der Waals surface area contributed by atoms with Crippen molar-refractivity contribution in [2.24, 2.45) is 0 Å². The summed E-state index contributed by atoms with van der Waals surface area (Å²) < 4.78 is 0. The number of rotatable bonds is 5. The normalized spacial score (nSPS) is 16.0. The van der Waals surface area contributed by atoms with Crippen LogP contribution in [0.4, 0.5) is 0 Å². The van der Waals surface area contributed by atoms with Crippen molar-refractivity contribution in [1.29, 1.82) is 0 Å². The van der Waals surface area contributed by atoms with Gasteiger partial charge in [0.05, 0.1) is 0 Å². The molecule has 1 aliphatic rings. The maximum Gasteiger partial charge on any atom is 0.223 e. The Hall–Kier alpha value is -0.830. The minimum Gasteiger partial charge on any atom is -0.396 e. The second-order valence-corrected chi connectivity index (χ2v) is 4.04. The van der Waals surface area contributed by atoms with Gasteiger partial charge in [-0.2, -0.15) is 0 Å². The van der Waals surface area contributed by atoms with Crippen LogP contribution in [0, 0.1) is 0 Å². The third-order valence-electron chi connectivity index (χ3n) is 2.78. The number of carbonyl (C=O) groups excluding carboxylic acids is 1. The average Bonchev–Trinajstić information content (AvgIpc) is 2.25. The molecule has 0 atom stereocenters. The van der Waals surface area contributed by atoms with E-state index in [-0.39, 0.29) is 12.5 Å². The summed E-state index contributed by atoms with van der Waals surface area (Å²) in [6, 6.07) is 0. The maximum absolute atomic E-state index is 11.5. The lowest BCUT2D eigenvalue weighted by Gasteiger charge is -2.26. The fraction of sp³-hybridized carbons (Fsp3) is 0.750. The van der Waals surface area contributed by atoms with E-state index in [4.69, 9.17) is 5.11 Å². The molecule has 0 fully saturated rings. The first kappa shape index (κ1) is 12.2. The van der Waals surface area contributed by atoms with Crippen LogP contribution in [0.15, 0.2) is 11.8 Å². The molecule has 0 saturated heterocycles. The minimum atomic E-state index is 0.126. The van der Waals surface area contributed by atoms with E-state index in [2.05, 4.69) is 6.08 Å². The van der Waals surface area contributed by atoms with Crippen LogP contribution in [0.1, 0.15) is 45.4 Å². The monoisotopic (exact) mass is 211 g/mol. The highest BCUT2D eigenvalue weighted by molar-refractivity contribution is 5.75. The van der Waals surface area contributed by atoms with Crippen molar-refractivity contribution in [3.8, 4) is 0 Å². The zero-order chi connectivity index (χ0) is 11.1. The summed E-state index contributed by atoms with van der Waals surface area (Å²) in [6.07, 6.45) is 8.40. The first-order valence-electron chi connectivity index (χ1n) is 5.83. The van der Waals surface area contributed by atoms with Gasteiger partial charge in [0.1, 0.15) is 0 Å². The predicted octanol–water partition coefficient (Wildman–Crippen LogP) is 2.07. The number of aliphatic hydroxyl groups excluding tert-OH is 1. The number of amides is 1. The highest BCUT2D eigenvalue weighted by atomic mass is 16.2.